The highest BCUT2D eigenvalue weighted by atomic mass is 32.2. The maximum absolute atomic E-state index is 13.2. The van der Waals surface area contributed by atoms with E-state index in [1.54, 1.807) is 13.0 Å². The SMILES string of the molecule is Cc1cc(F)cc(NS(=O)(=O)c2cnn(CCN)c2)c1. The zero-order valence-corrected chi connectivity index (χ0v) is 11.7. The van der Waals surface area contributed by atoms with Crippen molar-refractivity contribution in [3.05, 3.63) is 42.0 Å². The van der Waals surface area contributed by atoms with E-state index < -0.39 is 15.8 Å². The van der Waals surface area contributed by atoms with E-state index in [-0.39, 0.29) is 10.6 Å². The molecule has 0 amide bonds. The minimum Gasteiger partial charge on any atom is -0.329 e. The lowest BCUT2D eigenvalue weighted by Gasteiger charge is -2.07. The molecule has 108 valence electrons. The van der Waals surface area contributed by atoms with Crippen LogP contribution in [0.1, 0.15) is 5.56 Å². The van der Waals surface area contributed by atoms with Crippen molar-refractivity contribution in [2.24, 2.45) is 5.73 Å². The lowest BCUT2D eigenvalue weighted by molar-refractivity contribution is 0.599. The molecule has 1 aromatic heterocycles. The Morgan fingerprint density at radius 2 is 2.15 bits per heavy atom. The third kappa shape index (κ3) is 3.34. The lowest BCUT2D eigenvalue weighted by atomic mass is 10.2. The second-order valence-corrected chi connectivity index (χ2v) is 6.03. The third-order valence-corrected chi connectivity index (χ3v) is 3.91. The predicted octanol–water partition coefficient (Wildman–Crippen LogP) is 1.09. The van der Waals surface area contributed by atoms with Crippen LogP contribution in [0.15, 0.2) is 35.5 Å². The van der Waals surface area contributed by atoms with Gasteiger partial charge in [-0.3, -0.25) is 9.40 Å². The molecule has 2 aromatic rings. The first kappa shape index (κ1) is 14.5. The Bertz CT molecular complexity index is 692. The third-order valence-electron chi connectivity index (χ3n) is 2.57. The fourth-order valence-electron chi connectivity index (χ4n) is 1.75. The van der Waals surface area contributed by atoms with Crippen molar-refractivity contribution >= 4 is 15.7 Å². The second-order valence-electron chi connectivity index (χ2n) is 4.35. The molecule has 0 aliphatic heterocycles. The van der Waals surface area contributed by atoms with Gasteiger partial charge in [-0.2, -0.15) is 5.10 Å². The normalized spacial score (nSPS) is 11.6. The van der Waals surface area contributed by atoms with Gasteiger partial charge in [0.2, 0.25) is 0 Å². The van der Waals surface area contributed by atoms with E-state index in [9.17, 15) is 12.8 Å². The van der Waals surface area contributed by atoms with Crippen LogP contribution in [-0.4, -0.2) is 24.7 Å². The number of halogens is 1. The molecular weight excluding hydrogens is 283 g/mol. The zero-order valence-electron chi connectivity index (χ0n) is 10.9. The van der Waals surface area contributed by atoms with E-state index in [4.69, 9.17) is 5.73 Å². The van der Waals surface area contributed by atoms with Gasteiger partial charge < -0.3 is 5.73 Å². The molecule has 0 fully saturated rings. The van der Waals surface area contributed by atoms with Crippen LogP contribution in [0.3, 0.4) is 0 Å². The molecule has 0 aliphatic rings. The van der Waals surface area contributed by atoms with Gasteiger partial charge in [0.05, 0.1) is 18.4 Å². The topological polar surface area (TPSA) is 90.0 Å². The van der Waals surface area contributed by atoms with Gasteiger partial charge in [-0.15, -0.1) is 0 Å². The van der Waals surface area contributed by atoms with Gasteiger partial charge in [0, 0.05) is 12.7 Å². The number of hydrogen-bond donors (Lipinski definition) is 2. The standard InChI is InChI=1S/C12H15FN4O2S/c1-9-4-10(13)6-11(5-9)16-20(18,19)12-7-15-17(8-12)3-2-14/h4-8,16H,2-3,14H2,1H3. The Balaban J connectivity index is 2.25. The first-order valence-corrected chi connectivity index (χ1v) is 7.41. The number of hydrogen-bond acceptors (Lipinski definition) is 4. The summed E-state index contributed by atoms with van der Waals surface area (Å²) in [6, 6.07) is 3.98. The second kappa shape index (κ2) is 5.59. The molecule has 0 saturated carbocycles. The summed E-state index contributed by atoms with van der Waals surface area (Å²) in [5, 5.41) is 3.89. The maximum atomic E-state index is 13.2. The summed E-state index contributed by atoms with van der Waals surface area (Å²) < 4.78 is 41.2. The predicted molar refractivity (Wildman–Crippen MR) is 73.2 cm³/mol. The van der Waals surface area contributed by atoms with Crippen LogP contribution in [-0.2, 0) is 16.6 Å². The smallest absolute Gasteiger partial charge is 0.265 e. The van der Waals surface area contributed by atoms with E-state index in [1.165, 1.54) is 23.1 Å². The molecular formula is C12H15FN4O2S. The van der Waals surface area contributed by atoms with E-state index in [0.717, 1.165) is 6.07 Å². The monoisotopic (exact) mass is 298 g/mol. The largest absolute Gasteiger partial charge is 0.329 e. The van der Waals surface area contributed by atoms with E-state index >= 15 is 0 Å². The minimum absolute atomic E-state index is 0.00728. The van der Waals surface area contributed by atoms with Gasteiger partial charge in [-0.1, -0.05) is 0 Å². The van der Waals surface area contributed by atoms with Crippen molar-refractivity contribution in [1.29, 1.82) is 0 Å². The summed E-state index contributed by atoms with van der Waals surface area (Å²) >= 11 is 0. The average Bonchev–Trinajstić information content (AvgIpc) is 2.76. The number of sulfonamides is 1. The highest BCUT2D eigenvalue weighted by molar-refractivity contribution is 7.92. The summed E-state index contributed by atoms with van der Waals surface area (Å²) in [6.45, 7) is 2.46. The Morgan fingerprint density at radius 1 is 1.40 bits per heavy atom. The van der Waals surface area contributed by atoms with E-state index in [2.05, 4.69) is 9.82 Å². The fraction of sp³-hybridized carbons (Fsp3) is 0.250. The van der Waals surface area contributed by atoms with Gasteiger partial charge in [-0.05, 0) is 30.7 Å². The molecule has 3 N–H and O–H groups in total. The summed E-state index contributed by atoms with van der Waals surface area (Å²) in [6.07, 6.45) is 2.60. The van der Waals surface area contributed by atoms with Crippen LogP contribution in [0.2, 0.25) is 0 Å². The summed E-state index contributed by atoms with van der Waals surface area (Å²) in [5.41, 5.74) is 6.17. The molecule has 2 rings (SSSR count). The molecule has 1 aromatic carbocycles. The van der Waals surface area contributed by atoms with Crippen molar-refractivity contribution in [2.75, 3.05) is 11.3 Å². The van der Waals surface area contributed by atoms with Crippen LogP contribution >= 0.6 is 0 Å². The van der Waals surface area contributed by atoms with E-state index in [0.29, 0.717) is 18.7 Å². The molecule has 0 aliphatic carbocycles. The van der Waals surface area contributed by atoms with Gasteiger partial charge >= 0.3 is 0 Å². The molecule has 6 nitrogen and oxygen atoms in total. The van der Waals surface area contributed by atoms with Crippen LogP contribution in [0.4, 0.5) is 10.1 Å². The first-order valence-electron chi connectivity index (χ1n) is 5.93. The minimum atomic E-state index is -3.79. The van der Waals surface area contributed by atoms with Crippen molar-refractivity contribution < 1.29 is 12.8 Å². The molecule has 0 saturated heterocycles. The maximum Gasteiger partial charge on any atom is 0.265 e. The quantitative estimate of drug-likeness (QED) is 0.864. The molecule has 0 spiro atoms. The van der Waals surface area contributed by atoms with Crippen LogP contribution in [0.5, 0.6) is 0 Å². The fourth-order valence-corrected chi connectivity index (χ4v) is 2.74. The van der Waals surface area contributed by atoms with E-state index in [1.807, 2.05) is 0 Å². The molecule has 0 atom stereocenters. The Morgan fingerprint density at radius 3 is 2.80 bits per heavy atom. The molecule has 20 heavy (non-hydrogen) atoms. The number of nitrogens with zero attached hydrogens (tertiary/aromatic N) is 2. The number of aromatic nitrogens is 2. The van der Waals surface area contributed by atoms with Crippen molar-refractivity contribution in [2.45, 2.75) is 18.4 Å². The zero-order chi connectivity index (χ0) is 14.8. The molecule has 8 heteroatoms. The van der Waals surface area contributed by atoms with Gasteiger partial charge in [0.25, 0.3) is 10.0 Å². The molecule has 0 bridgehead atoms. The summed E-state index contributed by atoms with van der Waals surface area (Å²) in [4.78, 5) is 0.00728. The Labute approximate surface area is 116 Å². The Kier molecular flexibility index (Phi) is 4.05. The number of nitrogens with one attached hydrogen (secondary N) is 1. The number of rotatable bonds is 5. The highest BCUT2D eigenvalue weighted by Crippen LogP contribution is 2.18. The van der Waals surface area contributed by atoms with Gasteiger partial charge in [-0.25, -0.2) is 12.8 Å². The lowest BCUT2D eigenvalue weighted by Crippen LogP contribution is -2.13. The molecule has 1 heterocycles. The van der Waals surface area contributed by atoms with Crippen LogP contribution < -0.4 is 10.5 Å². The summed E-state index contributed by atoms with van der Waals surface area (Å²) in [5.74, 6) is -0.499. The average molecular weight is 298 g/mol. The van der Waals surface area contributed by atoms with Crippen molar-refractivity contribution in [1.82, 2.24) is 9.78 Å². The Hall–Kier alpha value is -1.93. The van der Waals surface area contributed by atoms with Gasteiger partial charge in [0.1, 0.15) is 10.7 Å². The summed E-state index contributed by atoms with van der Waals surface area (Å²) in [7, 11) is -3.79. The van der Waals surface area contributed by atoms with Crippen LogP contribution in [0, 0.1) is 12.7 Å². The highest BCUT2D eigenvalue weighted by Gasteiger charge is 2.17. The number of benzene rings is 1. The number of nitrogens with two attached hydrogens (primary N) is 1. The van der Waals surface area contributed by atoms with Gasteiger partial charge in [0.15, 0.2) is 0 Å². The van der Waals surface area contributed by atoms with Crippen molar-refractivity contribution in [3.63, 3.8) is 0 Å². The van der Waals surface area contributed by atoms with Crippen LogP contribution in [0.25, 0.3) is 0 Å². The first-order chi connectivity index (χ1) is 9.40. The number of anilines is 1. The molecule has 0 unspecified atom stereocenters. The van der Waals surface area contributed by atoms with Crippen molar-refractivity contribution in [3.8, 4) is 0 Å². The molecule has 0 radical (unpaired) electrons. The number of aryl methyl sites for hydroxylation is 1.